The Morgan fingerprint density at radius 2 is 2.44 bits per heavy atom. The highest BCUT2D eigenvalue weighted by Gasteiger charge is 2.42. The Kier molecular flexibility index (Phi) is 4.14. The van der Waals surface area contributed by atoms with Gasteiger partial charge >= 0.3 is 5.97 Å². The molecule has 0 bridgehead atoms. The van der Waals surface area contributed by atoms with Crippen molar-refractivity contribution in [1.82, 2.24) is 5.32 Å². The van der Waals surface area contributed by atoms with Crippen LogP contribution in [0.4, 0.5) is 0 Å². The summed E-state index contributed by atoms with van der Waals surface area (Å²) in [6.07, 6.45) is 5.48. The summed E-state index contributed by atoms with van der Waals surface area (Å²) in [6.45, 7) is 0.953. The minimum Gasteiger partial charge on any atom is -0.468 e. The molecule has 2 aliphatic rings. The molecule has 0 saturated carbocycles. The van der Waals surface area contributed by atoms with Crippen LogP contribution in [0.15, 0.2) is 0 Å². The summed E-state index contributed by atoms with van der Waals surface area (Å²) in [5, 5.41) is 3.43. The fraction of sp³-hybridized carbons (Fsp3) is 0.917. The number of hydrogen-bond acceptors (Lipinski definition) is 4. The van der Waals surface area contributed by atoms with Crippen LogP contribution in [0.5, 0.6) is 0 Å². The first-order valence-corrected chi connectivity index (χ1v) is 7.33. The Morgan fingerprint density at radius 1 is 1.56 bits per heavy atom. The quantitative estimate of drug-likeness (QED) is 0.767. The number of hydrogen-bond donors (Lipinski definition) is 1. The highest BCUT2D eigenvalue weighted by molar-refractivity contribution is 7.99. The van der Waals surface area contributed by atoms with E-state index in [0.717, 1.165) is 25.8 Å². The summed E-state index contributed by atoms with van der Waals surface area (Å²) in [4.78, 5) is 12.0. The van der Waals surface area contributed by atoms with Crippen LogP contribution >= 0.6 is 11.8 Å². The van der Waals surface area contributed by atoms with Gasteiger partial charge in [-0.3, -0.25) is 4.79 Å². The SMILES string of the molecule is COC(=O)C1(CC2CCSC2)CCCCN1. The highest BCUT2D eigenvalue weighted by Crippen LogP contribution is 2.34. The summed E-state index contributed by atoms with van der Waals surface area (Å²) in [7, 11) is 1.50. The zero-order chi connectivity index (χ0) is 11.4. The monoisotopic (exact) mass is 243 g/mol. The molecule has 0 aromatic carbocycles. The van der Waals surface area contributed by atoms with Gasteiger partial charge in [-0.25, -0.2) is 0 Å². The lowest BCUT2D eigenvalue weighted by atomic mass is 9.80. The molecule has 4 heteroatoms. The molecule has 2 heterocycles. The van der Waals surface area contributed by atoms with Gasteiger partial charge in [-0.1, -0.05) is 0 Å². The second kappa shape index (κ2) is 5.41. The van der Waals surface area contributed by atoms with Crippen LogP contribution in [-0.4, -0.2) is 36.7 Å². The average molecular weight is 243 g/mol. The maximum atomic E-state index is 12.0. The number of methoxy groups -OCH3 is 1. The molecule has 2 fully saturated rings. The molecule has 92 valence electrons. The van der Waals surface area contributed by atoms with Gasteiger partial charge in [0.15, 0.2) is 0 Å². The molecule has 2 atom stereocenters. The molecule has 0 aromatic heterocycles. The number of esters is 1. The Morgan fingerprint density at radius 3 is 3.00 bits per heavy atom. The topological polar surface area (TPSA) is 38.3 Å². The second-order valence-corrected chi connectivity index (χ2v) is 6.04. The number of nitrogens with one attached hydrogen (secondary N) is 1. The van der Waals surface area contributed by atoms with Gasteiger partial charge in [-0.2, -0.15) is 11.8 Å². The van der Waals surface area contributed by atoms with E-state index < -0.39 is 0 Å². The molecule has 16 heavy (non-hydrogen) atoms. The van der Waals surface area contributed by atoms with Gasteiger partial charge in [0, 0.05) is 0 Å². The second-order valence-electron chi connectivity index (χ2n) is 4.89. The van der Waals surface area contributed by atoms with E-state index in [9.17, 15) is 4.79 Å². The van der Waals surface area contributed by atoms with Crippen molar-refractivity contribution < 1.29 is 9.53 Å². The van der Waals surface area contributed by atoms with Crippen molar-refractivity contribution >= 4 is 17.7 Å². The van der Waals surface area contributed by atoms with Gasteiger partial charge in [-0.15, -0.1) is 0 Å². The molecule has 2 unspecified atom stereocenters. The first-order valence-electron chi connectivity index (χ1n) is 6.18. The first-order chi connectivity index (χ1) is 7.77. The van der Waals surface area contributed by atoms with E-state index in [4.69, 9.17) is 4.74 Å². The third-order valence-corrected chi connectivity index (χ3v) is 4.96. The Bertz CT molecular complexity index is 245. The van der Waals surface area contributed by atoms with Crippen molar-refractivity contribution in [3.63, 3.8) is 0 Å². The molecule has 2 aliphatic heterocycles. The molecular weight excluding hydrogens is 222 g/mol. The number of rotatable bonds is 3. The van der Waals surface area contributed by atoms with E-state index in [0.29, 0.717) is 5.92 Å². The van der Waals surface area contributed by atoms with E-state index in [1.807, 2.05) is 11.8 Å². The summed E-state index contributed by atoms with van der Waals surface area (Å²) in [5.74, 6) is 3.10. The first kappa shape index (κ1) is 12.2. The van der Waals surface area contributed by atoms with Crippen molar-refractivity contribution in [2.24, 2.45) is 5.92 Å². The predicted molar refractivity (Wildman–Crippen MR) is 66.6 cm³/mol. The largest absolute Gasteiger partial charge is 0.468 e. The van der Waals surface area contributed by atoms with Crippen molar-refractivity contribution in [2.75, 3.05) is 25.2 Å². The zero-order valence-corrected chi connectivity index (χ0v) is 10.8. The highest BCUT2D eigenvalue weighted by atomic mass is 32.2. The lowest BCUT2D eigenvalue weighted by Crippen LogP contribution is -2.56. The summed E-state index contributed by atoms with van der Waals surface area (Å²) < 4.78 is 5.00. The predicted octanol–water partition coefficient (Wildman–Crippen LogP) is 1.81. The number of carbonyl (C=O) groups excluding carboxylic acids is 1. The zero-order valence-electron chi connectivity index (χ0n) is 9.96. The molecule has 2 saturated heterocycles. The average Bonchev–Trinajstić information content (AvgIpc) is 2.82. The fourth-order valence-corrected chi connectivity index (χ4v) is 4.12. The van der Waals surface area contributed by atoms with E-state index >= 15 is 0 Å². The van der Waals surface area contributed by atoms with Crippen molar-refractivity contribution in [3.8, 4) is 0 Å². The van der Waals surface area contributed by atoms with Crippen molar-refractivity contribution in [1.29, 1.82) is 0 Å². The minimum absolute atomic E-state index is 0.0518. The molecule has 1 N–H and O–H groups in total. The molecule has 3 nitrogen and oxygen atoms in total. The number of ether oxygens (including phenoxy) is 1. The summed E-state index contributed by atoms with van der Waals surface area (Å²) in [5.41, 5.74) is -0.372. The Labute approximate surface area is 102 Å². The number of carbonyl (C=O) groups is 1. The molecular formula is C12H21NO2S. The Balaban J connectivity index is 2.03. The van der Waals surface area contributed by atoms with E-state index in [1.54, 1.807) is 0 Å². The molecule has 0 radical (unpaired) electrons. The molecule has 0 aliphatic carbocycles. The van der Waals surface area contributed by atoms with Gasteiger partial charge in [-0.05, 0) is 56.1 Å². The standard InChI is InChI=1S/C12H21NO2S/c1-15-11(14)12(5-2-3-6-13-12)8-10-4-7-16-9-10/h10,13H,2-9H2,1H3. The van der Waals surface area contributed by atoms with Crippen molar-refractivity contribution in [3.05, 3.63) is 0 Å². The maximum absolute atomic E-state index is 12.0. The third-order valence-electron chi connectivity index (χ3n) is 3.73. The van der Waals surface area contributed by atoms with Crippen LogP contribution < -0.4 is 5.32 Å². The van der Waals surface area contributed by atoms with Crippen LogP contribution in [0.3, 0.4) is 0 Å². The summed E-state index contributed by atoms with van der Waals surface area (Å²) in [6, 6.07) is 0. The lowest BCUT2D eigenvalue weighted by Gasteiger charge is -2.37. The van der Waals surface area contributed by atoms with E-state index in [-0.39, 0.29) is 11.5 Å². The van der Waals surface area contributed by atoms with Gasteiger partial charge in [0.25, 0.3) is 0 Å². The van der Waals surface area contributed by atoms with Crippen molar-refractivity contribution in [2.45, 2.75) is 37.6 Å². The van der Waals surface area contributed by atoms with Gasteiger partial charge in [0.2, 0.25) is 0 Å². The van der Waals surface area contributed by atoms with Crippen LogP contribution in [0, 0.1) is 5.92 Å². The molecule has 0 spiro atoms. The van der Waals surface area contributed by atoms with Crippen LogP contribution in [0.1, 0.15) is 32.1 Å². The minimum atomic E-state index is -0.372. The molecule has 0 aromatic rings. The van der Waals surface area contributed by atoms with Gasteiger partial charge in [0.05, 0.1) is 7.11 Å². The van der Waals surface area contributed by atoms with E-state index in [1.165, 1.54) is 31.5 Å². The van der Waals surface area contributed by atoms with Gasteiger partial charge < -0.3 is 10.1 Å². The normalized spacial score (nSPS) is 34.9. The molecule has 2 rings (SSSR count). The number of piperidine rings is 1. The lowest BCUT2D eigenvalue weighted by molar-refractivity contribution is -0.150. The van der Waals surface area contributed by atoms with Crippen LogP contribution in [-0.2, 0) is 9.53 Å². The van der Waals surface area contributed by atoms with Crippen LogP contribution in [0.2, 0.25) is 0 Å². The molecule has 0 amide bonds. The summed E-state index contributed by atoms with van der Waals surface area (Å²) >= 11 is 2.01. The smallest absolute Gasteiger partial charge is 0.326 e. The fourth-order valence-electron chi connectivity index (χ4n) is 2.83. The van der Waals surface area contributed by atoms with E-state index in [2.05, 4.69) is 5.32 Å². The van der Waals surface area contributed by atoms with Gasteiger partial charge in [0.1, 0.15) is 5.54 Å². The van der Waals surface area contributed by atoms with Crippen LogP contribution in [0.25, 0.3) is 0 Å². The maximum Gasteiger partial charge on any atom is 0.326 e. The number of thioether (sulfide) groups is 1. The third kappa shape index (κ3) is 2.54. The Hall–Kier alpha value is -0.220.